The number of hydrogen-bond acceptors (Lipinski definition) is 4. The number of rotatable bonds is 3. The van der Waals surface area contributed by atoms with E-state index in [0.29, 0.717) is 5.25 Å². The van der Waals surface area contributed by atoms with Crippen LogP contribution in [-0.2, 0) is 9.53 Å². The summed E-state index contributed by atoms with van der Waals surface area (Å²) in [5.41, 5.74) is 5.43. The average Bonchev–Trinajstić information content (AvgIpc) is 2.71. The number of thioether (sulfide) groups is 1. The lowest BCUT2D eigenvalue weighted by atomic mass is 9.91. The van der Waals surface area contributed by atoms with Crippen LogP contribution in [0.15, 0.2) is 0 Å². The van der Waals surface area contributed by atoms with Gasteiger partial charge in [0.1, 0.15) is 5.54 Å². The molecule has 3 nitrogen and oxygen atoms in total. The van der Waals surface area contributed by atoms with Crippen molar-refractivity contribution in [2.75, 3.05) is 7.11 Å². The van der Waals surface area contributed by atoms with E-state index in [2.05, 4.69) is 18.7 Å². The minimum Gasteiger partial charge on any atom is -0.468 e. The predicted octanol–water partition coefficient (Wildman–Crippen LogP) is 2.72. The summed E-state index contributed by atoms with van der Waals surface area (Å²) in [7, 11) is 1.43. The highest BCUT2D eigenvalue weighted by Gasteiger charge is 2.43. The predicted molar refractivity (Wildman–Crippen MR) is 75.6 cm³/mol. The van der Waals surface area contributed by atoms with E-state index >= 15 is 0 Å². The Morgan fingerprint density at radius 3 is 2.78 bits per heavy atom. The Balaban J connectivity index is 1.84. The van der Waals surface area contributed by atoms with Gasteiger partial charge in [0.15, 0.2) is 0 Å². The van der Waals surface area contributed by atoms with Crippen molar-refractivity contribution in [3.63, 3.8) is 0 Å². The molecule has 2 rings (SSSR count). The van der Waals surface area contributed by atoms with Crippen LogP contribution < -0.4 is 5.73 Å². The fraction of sp³-hybridized carbons (Fsp3) is 0.929. The molecule has 0 radical (unpaired) electrons. The van der Waals surface area contributed by atoms with E-state index in [1.165, 1.54) is 32.8 Å². The molecule has 4 atom stereocenters. The third-order valence-corrected chi connectivity index (χ3v) is 5.97. The van der Waals surface area contributed by atoms with E-state index in [9.17, 15) is 4.79 Å². The molecule has 4 heteroatoms. The molecule has 0 amide bonds. The molecule has 0 bridgehead atoms. The van der Waals surface area contributed by atoms with Gasteiger partial charge in [0.25, 0.3) is 0 Å². The van der Waals surface area contributed by atoms with Gasteiger partial charge in [-0.25, -0.2) is 0 Å². The molecule has 0 aliphatic heterocycles. The van der Waals surface area contributed by atoms with Crippen LogP contribution in [-0.4, -0.2) is 29.1 Å². The lowest BCUT2D eigenvalue weighted by Crippen LogP contribution is -2.46. The zero-order valence-electron chi connectivity index (χ0n) is 11.5. The molecule has 0 saturated heterocycles. The highest BCUT2D eigenvalue weighted by atomic mass is 32.2. The monoisotopic (exact) mass is 271 g/mol. The largest absolute Gasteiger partial charge is 0.468 e. The van der Waals surface area contributed by atoms with Gasteiger partial charge in [0.05, 0.1) is 7.11 Å². The first-order valence-corrected chi connectivity index (χ1v) is 8.00. The number of carbonyl (C=O) groups is 1. The fourth-order valence-electron chi connectivity index (χ4n) is 3.31. The second-order valence-electron chi connectivity index (χ2n) is 6.04. The van der Waals surface area contributed by atoms with Gasteiger partial charge in [-0.3, -0.25) is 4.79 Å². The van der Waals surface area contributed by atoms with Crippen molar-refractivity contribution in [2.45, 2.75) is 67.9 Å². The molecule has 0 aromatic rings. The van der Waals surface area contributed by atoms with E-state index in [0.717, 1.165) is 30.4 Å². The van der Waals surface area contributed by atoms with E-state index in [1.807, 2.05) is 0 Å². The summed E-state index contributed by atoms with van der Waals surface area (Å²) in [6.07, 6.45) is 8.02. The topological polar surface area (TPSA) is 52.3 Å². The normalized spacial score (nSPS) is 40.7. The van der Waals surface area contributed by atoms with Crippen molar-refractivity contribution in [1.29, 1.82) is 0 Å². The Kier molecular flexibility index (Phi) is 4.59. The van der Waals surface area contributed by atoms with Crippen molar-refractivity contribution in [2.24, 2.45) is 11.7 Å². The zero-order valence-corrected chi connectivity index (χ0v) is 12.3. The van der Waals surface area contributed by atoms with Gasteiger partial charge in [-0.1, -0.05) is 19.8 Å². The lowest BCUT2D eigenvalue weighted by molar-refractivity contribution is -0.146. The summed E-state index contributed by atoms with van der Waals surface area (Å²) in [6.45, 7) is 2.35. The number of nitrogens with two attached hydrogens (primary N) is 1. The van der Waals surface area contributed by atoms with Gasteiger partial charge in [0, 0.05) is 10.5 Å². The Hall–Kier alpha value is -0.220. The number of methoxy groups -OCH3 is 1. The van der Waals surface area contributed by atoms with Gasteiger partial charge in [0.2, 0.25) is 0 Å². The molecule has 4 unspecified atom stereocenters. The summed E-state index contributed by atoms with van der Waals surface area (Å²) in [5, 5.41) is 1.32. The molecular formula is C14H25NO2S. The highest BCUT2D eigenvalue weighted by molar-refractivity contribution is 8.00. The van der Waals surface area contributed by atoms with Crippen LogP contribution in [0.4, 0.5) is 0 Å². The smallest absolute Gasteiger partial charge is 0.325 e. The molecule has 2 aliphatic rings. The van der Waals surface area contributed by atoms with Crippen LogP contribution in [0.2, 0.25) is 0 Å². The van der Waals surface area contributed by atoms with Crippen LogP contribution in [0.1, 0.15) is 51.9 Å². The van der Waals surface area contributed by atoms with Gasteiger partial charge < -0.3 is 10.5 Å². The van der Waals surface area contributed by atoms with Crippen LogP contribution in [0, 0.1) is 5.92 Å². The average molecular weight is 271 g/mol. The van der Waals surface area contributed by atoms with Crippen molar-refractivity contribution in [3.05, 3.63) is 0 Å². The van der Waals surface area contributed by atoms with Crippen LogP contribution >= 0.6 is 11.8 Å². The number of ether oxygens (including phenoxy) is 1. The molecule has 2 saturated carbocycles. The quantitative estimate of drug-likeness (QED) is 0.802. The molecule has 2 fully saturated rings. The lowest BCUT2D eigenvalue weighted by Gasteiger charge is -2.28. The summed E-state index contributed by atoms with van der Waals surface area (Å²) >= 11 is 2.07. The standard InChI is InChI=1S/C14H25NO2S/c1-10-4-3-5-11(8-10)18-12-6-7-14(15,9-12)13(16)17-2/h10-12H,3-9,15H2,1-2H3. The minimum absolute atomic E-state index is 0.234. The van der Waals surface area contributed by atoms with E-state index in [-0.39, 0.29) is 5.97 Å². The molecule has 0 aromatic carbocycles. The molecule has 18 heavy (non-hydrogen) atoms. The first kappa shape index (κ1) is 14.2. The van der Waals surface area contributed by atoms with Gasteiger partial charge >= 0.3 is 5.97 Å². The molecule has 2 aliphatic carbocycles. The van der Waals surface area contributed by atoms with E-state index in [1.54, 1.807) is 0 Å². The van der Waals surface area contributed by atoms with Crippen molar-refractivity contribution < 1.29 is 9.53 Å². The minimum atomic E-state index is -0.716. The summed E-state index contributed by atoms with van der Waals surface area (Å²) in [5.74, 6) is 0.628. The van der Waals surface area contributed by atoms with Gasteiger partial charge in [-0.15, -0.1) is 0 Å². The maximum absolute atomic E-state index is 11.7. The second kappa shape index (κ2) is 5.83. The van der Waals surface area contributed by atoms with E-state index in [4.69, 9.17) is 10.5 Å². The Labute approximate surface area is 114 Å². The fourth-order valence-corrected chi connectivity index (χ4v) is 5.24. The second-order valence-corrected chi connectivity index (χ2v) is 7.65. The maximum Gasteiger partial charge on any atom is 0.325 e. The molecule has 0 heterocycles. The first-order valence-electron chi connectivity index (χ1n) is 7.06. The summed E-state index contributed by atoms with van der Waals surface area (Å²) in [4.78, 5) is 11.7. The van der Waals surface area contributed by atoms with Crippen LogP contribution in [0.5, 0.6) is 0 Å². The number of carbonyl (C=O) groups excluding carboxylic acids is 1. The number of esters is 1. The molecule has 0 spiro atoms. The van der Waals surface area contributed by atoms with Crippen molar-refractivity contribution in [3.8, 4) is 0 Å². The van der Waals surface area contributed by atoms with E-state index < -0.39 is 5.54 Å². The van der Waals surface area contributed by atoms with Gasteiger partial charge in [-0.2, -0.15) is 11.8 Å². The summed E-state index contributed by atoms with van der Waals surface area (Å²) < 4.78 is 4.82. The third-order valence-electron chi connectivity index (χ3n) is 4.37. The zero-order chi connectivity index (χ0) is 13.2. The molecule has 2 N–H and O–H groups in total. The van der Waals surface area contributed by atoms with Crippen LogP contribution in [0.3, 0.4) is 0 Å². The SMILES string of the molecule is COC(=O)C1(N)CCC(SC2CCCC(C)C2)C1. The molecular weight excluding hydrogens is 246 g/mol. The van der Waals surface area contributed by atoms with Crippen molar-refractivity contribution >= 4 is 17.7 Å². The Morgan fingerprint density at radius 1 is 1.33 bits per heavy atom. The number of hydrogen-bond donors (Lipinski definition) is 1. The summed E-state index contributed by atoms with van der Waals surface area (Å²) in [6, 6.07) is 0. The van der Waals surface area contributed by atoms with Crippen LogP contribution in [0.25, 0.3) is 0 Å². The third kappa shape index (κ3) is 3.21. The first-order chi connectivity index (χ1) is 8.53. The Bertz CT molecular complexity index is 310. The van der Waals surface area contributed by atoms with Crippen molar-refractivity contribution in [1.82, 2.24) is 0 Å². The Morgan fingerprint density at radius 2 is 2.11 bits per heavy atom. The van der Waals surface area contributed by atoms with Gasteiger partial charge in [-0.05, 0) is 38.0 Å². The maximum atomic E-state index is 11.7. The molecule has 104 valence electrons. The molecule has 0 aromatic heterocycles. The highest BCUT2D eigenvalue weighted by Crippen LogP contribution is 2.42.